The van der Waals surface area contributed by atoms with E-state index < -0.39 is 17.0 Å². The number of anilines is 1. The average molecular weight is 263 g/mol. The van der Waals surface area contributed by atoms with Crippen LogP contribution in [0.5, 0.6) is 0 Å². The zero-order valence-corrected chi connectivity index (χ0v) is 10.3. The smallest absolute Gasteiger partial charge is 0.325 e. The van der Waals surface area contributed by atoms with Crippen molar-refractivity contribution in [3.05, 3.63) is 34.4 Å². The van der Waals surface area contributed by atoms with Gasteiger partial charge in [-0.3, -0.25) is 14.9 Å². The first kappa shape index (κ1) is 13.0. The maximum Gasteiger partial charge on any atom is 0.329 e. The maximum absolute atomic E-state index is 12.1. The van der Waals surface area contributed by atoms with Gasteiger partial charge in [-0.05, 0) is 12.5 Å². The van der Waals surface area contributed by atoms with Crippen molar-refractivity contribution in [1.82, 2.24) is 5.32 Å². The Balaban J connectivity index is 2.31. The SMILES string of the molecule is CCCC1NC(=O)N(c2cccc([N+](=O)[O-])c2)C1=O. The van der Waals surface area contributed by atoms with Gasteiger partial charge in [0.1, 0.15) is 6.04 Å². The van der Waals surface area contributed by atoms with Gasteiger partial charge in [-0.15, -0.1) is 0 Å². The molecule has 7 nitrogen and oxygen atoms in total. The molecule has 3 amide bonds. The predicted octanol–water partition coefficient (Wildman–Crippen LogP) is 1.82. The molecule has 7 heteroatoms. The van der Waals surface area contributed by atoms with Gasteiger partial charge in [-0.1, -0.05) is 19.4 Å². The summed E-state index contributed by atoms with van der Waals surface area (Å²) < 4.78 is 0. The number of nitrogens with one attached hydrogen (secondary N) is 1. The molecule has 1 saturated heterocycles. The molecule has 0 aromatic heterocycles. The molecular weight excluding hydrogens is 250 g/mol. The molecule has 1 aliphatic heterocycles. The van der Waals surface area contributed by atoms with E-state index >= 15 is 0 Å². The summed E-state index contributed by atoms with van der Waals surface area (Å²) >= 11 is 0. The lowest BCUT2D eigenvalue weighted by Crippen LogP contribution is -2.31. The van der Waals surface area contributed by atoms with Crippen molar-refractivity contribution < 1.29 is 14.5 Å². The molecule has 1 fully saturated rings. The molecule has 0 spiro atoms. The number of non-ortho nitro benzene ring substituents is 1. The lowest BCUT2D eigenvalue weighted by molar-refractivity contribution is -0.384. The van der Waals surface area contributed by atoms with Gasteiger partial charge in [0.05, 0.1) is 10.6 Å². The Kier molecular flexibility index (Phi) is 3.46. The van der Waals surface area contributed by atoms with E-state index in [1.54, 1.807) is 0 Å². The zero-order chi connectivity index (χ0) is 14.0. The van der Waals surface area contributed by atoms with E-state index in [2.05, 4.69) is 5.32 Å². The van der Waals surface area contributed by atoms with Crippen LogP contribution in [0, 0.1) is 10.1 Å². The average Bonchev–Trinajstić information content (AvgIpc) is 2.65. The molecule has 1 aromatic carbocycles. The van der Waals surface area contributed by atoms with Crippen LogP contribution in [0.4, 0.5) is 16.2 Å². The predicted molar refractivity (Wildman–Crippen MR) is 67.8 cm³/mol. The molecule has 1 aromatic rings. The number of nitro benzene ring substituents is 1. The van der Waals surface area contributed by atoms with Crippen molar-refractivity contribution in [2.45, 2.75) is 25.8 Å². The lowest BCUT2D eigenvalue weighted by atomic mass is 10.1. The monoisotopic (exact) mass is 263 g/mol. The van der Waals surface area contributed by atoms with E-state index in [0.29, 0.717) is 6.42 Å². The van der Waals surface area contributed by atoms with Crippen molar-refractivity contribution in [2.75, 3.05) is 4.90 Å². The van der Waals surface area contributed by atoms with Crippen molar-refractivity contribution in [1.29, 1.82) is 0 Å². The highest BCUT2D eigenvalue weighted by molar-refractivity contribution is 6.21. The Morgan fingerprint density at radius 2 is 2.16 bits per heavy atom. The summed E-state index contributed by atoms with van der Waals surface area (Å²) in [4.78, 5) is 34.9. The van der Waals surface area contributed by atoms with Gasteiger partial charge in [0.2, 0.25) is 0 Å². The molecule has 2 rings (SSSR count). The summed E-state index contributed by atoms with van der Waals surface area (Å²) in [6, 6.07) is 4.39. The third-order valence-electron chi connectivity index (χ3n) is 2.90. The summed E-state index contributed by atoms with van der Waals surface area (Å²) in [5.41, 5.74) is 0.0624. The molecule has 0 aliphatic carbocycles. The second-order valence-corrected chi connectivity index (χ2v) is 4.24. The van der Waals surface area contributed by atoms with Crippen molar-refractivity contribution in [3.63, 3.8) is 0 Å². The van der Waals surface area contributed by atoms with Crippen LogP contribution in [0.1, 0.15) is 19.8 Å². The minimum absolute atomic E-state index is 0.156. The summed E-state index contributed by atoms with van der Waals surface area (Å²) in [7, 11) is 0. The van der Waals surface area contributed by atoms with Crippen molar-refractivity contribution >= 4 is 23.3 Å². The number of amides is 3. The number of nitro groups is 1. The lowest BCUT2D eigenvalue weighted by Gasteiger charge is -2.12. The Morgan fingerprint density at radius 1 is 1.42 bits per heavy atom. The van der Waals surface area contributed by atoms with E-state index in [-0.39, 0.29) is 17.3 Å². The number of hydrogen-bond donors (Lipinski definition) is 1. The fourth-order valence-electron chi connectivity index (χ4n) is 2.01. The largest absolute Gasteiger partial charge is 0.329 e. The first-order valence-electron chi connectivity index (χ1n) is 5.93. The number of carbonyl (C=O) groups excluding carboxylic acids is 2. The van der Waals surface area contributed by atoms with Gasteiger partial charge < -0.3 is 5.32 Å². The number of benzene rings is 1. The third kappa shape index (κ3) is 2.40. The van der Waals surface area contributed by atoms with Crippen LogP contribution in [0.3, 0.4) is 0 Å². The Labute approximate surface area is 109 Å². The van der Waals surface area contributed by atoms with Crippen LogP contribution in [0.15, 0.2) is 24.3 Å². The fraction of sp³-hybridized carbons (Fsp3) is 0.333. The van der Waals surface area contributed by atoms with Gasteiger partial charge in [0.15, 0.2) is 0 Å². The van der Waals surface area contributed by atoms with Crippen LogP contribution in [0.25, 0.3) is 0 Å². The topological polar surface area (TPSA) is 92.6 Å². The van der Waals surface area contributed by atoms with Crippen LogP contribution < -0.4 is 10.2 Å². The second kappa shape index (κ2) is 5.05. The molecule has 19 heavy (non-hydrogen) atoms. The van der Waals surface area contributed by atoms with Gasteiger partial charge in [0, 0.05) is 12.1 Å². The maximum atomic E-state index is 12.1. The van der Waals surface area contributed by atoms with E-state index in [1.807, 2.05) is 6.92 Å². The van der Waals surface area contributed by atoms with Crippen LogP contribution in [-0.4, -0.2) is 22.9 Å². The first-order valence-corrected chi connectivity index (χ1v) is 5.93. The van der Waals surface area contributed by atoms with Crippen LogP contribution >= 0.6 is 0 Å². The standard InChI is InChI=1S/C12H13N3O4/c1-2-4-10-11(16)14(12(17)13-10)8-5-3-6-9(7-8)15(18)19/h3,5-7,10H,2,4H2,1H3,(H,13,17). The van der Waals surface area contributed by atoms with Crippen LogP contribution in [-0.2, 0) is 4.79 Å². The summed E-state index contributed by atoms with van der Waals surface area (Å²) in [6.45, 7) is 1.91. The number of urea groups is 1. The number of nitrogens with zero attached hydrogens (tertiary/aromatic N) is 2. The normalized spacial score (nSPS) is 18.6. The first-order chi connectivity index (χ1) is 9.04. The number of imide groups is 1. The summed E-state index contributed by atoms with van der Waals surface area (Å²) in [6.07, 6.45) is 1.31. The molecular formula is C12H13N3O4. The number of rotatable bonds is 4. The van der Waals surface area contributed by atoms with Crippen molar-refractivity contribution in [3.8, 4) is 0 Å². The molecule has 0 saturated carbocycles. The molecule has 100 valence electrons. The van der Waals surface area contributed by atoms with Crippen molar-refractivity contribution in [2.24, 2.45) is 0 Å². The molecule has 0 radical (unpaired) electrons. The van der Waals surface area contributed by atoms with E-state index in [4.69, 9.17) is 0 Å². The minimum atomic E-state index is -0.564. The quantitative estimate of drug-likeness (QED) is 0.509. The summed E-state index contributed by atoms with van der Waals surface area (Å²) in [5.74, 6) is -0.368. The van der Waals surface area contributed by atoms with Crippen LogP contribution in [0.2, 0.25) is 0 Å². The Hall–Kier alpha value is -2.44. The molecule has 1 atom stereocenters. The van der Waals surface area contributed by atoms with E-state index in [0.717, 1.165) is 11.3 Å². The van der Waals surface area contributed by atoms with Gasteiger partial charge in [-0.2, -0.15) is 0 Å². The Bertz CT molecular complexity index is 544. The Morgan fingerprint density at radius 3 is 2.79 bits per heavy atom. The highest BCUT2D eigenvalue weighted by Crippen LogP contribution is 2.25. The number of carbonyl (C=O) groups is 2. The van der Waals surface area contributed by atoms with E-state index in [9.17, 15) is 19.7 Å². The van der Waals surface area contributed by atoms with Gasteiger partial charge >= 0.3 is 6.03 Å². The third-order valence-corrected chi connectivity index (χ3v) is 2.90. The van der Waals surface area contributed by atoms with E-state index in [1.165, 1.54) is 24.3 Å². The minimum Gasteiger partial charge on any atom is -0.325 e. The highest BCUT2D eigenvalue weighted by atomic mass is 16.6. The molecule has 0 bridgehead atoms. The zero-order valence-electron chi connectivity index (χ0n) is 10.3. The van der Waals surface area contributed by atoms with Gasteiger partial charge in [-0.25, -0.2) is 9.69 Å². The summed E-state index contributed by atoms with van der Waals surface area (Å²) in [5, 5.41) is 13.3. The molecule has 1 unspecified atom stereocenters. The van der Waals surface area contributed by atoms with Gasteiger partial charge in [0.25, 0.3) is 11.6 Å². The number of hydrogen-bond acceptors (Lipinski definition) is 4. The fourth-order valence-corrected chi connectivity index (χ4v) is 2.01. The highest BCUT2D eigenvalue weighted by Gasteiger charge is 2.38. The molecule has 1 aliphatic rings. The molecule has 1 N–H and O–H groups in total. The second-order valence-electron chi connectivity index (χ2n) is 4.24. The molecule has 1 heterocycles.